The van der Waals surface area contributed by atoms with E-state index in [4.69, 9.17) is 9.47 Å². The van der Waals surface area contributed by atoms with Crippen LogP contribution in [0.3, 0.4) is 0 Å². The minimum absolute atomic E-state index is 0.00568. The number of nitrogens with zero attached hydrogens (tertiary/aromatic N) is 2. The van der Waals surface area contributed by atoms with Gasteiger partial charge in [-0.1, -0.05) is 66.7 Å². The van der Waals surface area contributed by atoms with Crippen LogP contribution in [0.2, 0.25) is 0 Å². The average molecular weight is 657 g/mol. The lowest BCUT2D eigenvalue weighted by molar-refractivity contribution is -0.139. The van der Waals surface area contributed by atoms with Gasteiger partial charge < -0.3 is 9.47 Å². The summed E-state index contributed by atoms with van der Waals surface area (Å²) in [7, 11) is -3.78. The van der Waals surface area contributed by atoms with E-state index in [9.17, 15) is 27.6 Å². The molecule has 3 aliphatic rings. The highest BCUT2D eigenvalue weighted by atomic mass is 32.2. The normalized spacial score (nSPS) is 24.1. The van der Waals surface area contributed by atoms with Crippen molar-refractivity contribution in [3.05, 3.63) is 113 Å². The van der Waals surface area contributed by atoms with Gasteiger partial charge in [0.1, 0.15) is 6.61 Å². The summed E-state index contributed by atoms with van der Waals surface area (Å²) in [5.74, 6) is -2.12. The Balaban J connectivity index is 1.38. The molecular weight excluding hydrogens is 620 g/mol. The topological polar surface area (TPSA) is 127 Å². The van der Waals surface area contributed by atoms with E-state index in [0.717, 1.165) is 5.56 Å². The van der Waals surface area contributed by atoms with Crippen LogP contribution >= 0.6 is 0 Å². The number of rotatable bonds is 12. The molecule has 3 aromatic carbocycles. The van der Waals surface area contributed by atoms with Crippen LogP contribution in [0.5, 0.6) is 0 Å². The molecular formula is C36H36N2O8S. The molecule has 3 unspecified atom stereocenters. The summed E-state index contributed by atoms with van der Waals surface area (Å²) in [6.45, 7) is 2.02. The zero-order valence-corrected chi connectivity index (χ0v) is 26.8. The fourth-order valence-corrected chi connectivity index (χ4v) is 8.04. The molecule has 2 aliphatic heterocycles. The predicted molar refractivity (Wildman–Crippen MR) is 172 cm³/mol. The molecule has 1 saturated heterocycles. The average Bonchev–Trinajstić information content (AvgIpc) is 3.63. The van der Waals surface area contributed by atoms with E-state index >= 15 is 0 Å². The molecule has 0 amide bonds. The fraction of sp³-hybridized carbons (Fsp3) is 0.333. The maximum atomic E-state index is 13.7. The first-order valence-corrected chi connectivity index (χ1v) is 17.4. The van der Waals surface area contributed by atoms with Crippen molar-refractivity contribution < 1.29 is 37.1 Å². The standard InChI is InChI=1S/C36H36N2O8S/c1-2-45-36(42)31-30-28(39)18-19-29(40)33(30)37(20-21-47(43,44)26-16-10-5-11-17-26)34(31)32-27(38(32)22-24-12-6-3-7-13-24)23-46-35(41)25-14-8-4-9-15-25/h3-17,27,32-34H,2,18-23H2,1H3/t27-,32-,33?,34?,38?/m0/s1. The van der Waals surface area contributed by atoms with Gasteiger partial charge in [-0.25, -0.2) is 18.0 Å². The number of benzene rings is 3. The van der Waals surface area contributed by atoms with E-state index in [1.807, 2.05) is 30.3 Å². The third-order valence-electron chi connectivity index (χ3n) is 9.01. The summed E-state index contributed by atoms with van der Waals surface area (Å²) in [6, 6.07) is 23.5. The number of Topliss-reactive ketones (excluding diaryl/α,β-unsaturated/α-hetero) is 2. The number of carbonyl (C=O) groups excluding carboxylic acids is 4. The van der Waals surface area contributed by atoms with Gasteiger partial charge in [0.15, 0.2) is 21.4 Å². The van der Waals surface area contributed by atoms with E-state index < -0.39 is 45.9 Å². The van der Waals surface area contributed by atoms with Crippen LogP contribution in [0, 0.1) is 0 Å². The van der Waals surface area contributed by atoms with Gasteiger partial charge in [0.2, 0.25) is 0 Å². The number of sulfone groups is 1. The second kappa shape index (κ2) is 13.7. The van der Waals surface area contributed by atoms with Crippen LogP contribution in [0.1, 0.15) is 35.7 Å². The summed E-state index contributed by atoms with van der Waals surface area (Å²) in [5.41, 5.74) is 1.55. The van der Waals surface area contributed by atoms with Crippen molar-refractivity contribution in [2.75, 3.05) is 25.5 Å². The van der Waals surface area contributed by atoms with Gasteiger partial charge in [-0.3, -0.25) is 19.4 Å². The summed E-state index contributed by atoms with van der Waals surface area (Å²) >= 11 is 0. The second-order valence-corrected chi connectivity index (χ2v) is 13.9. The molecule has 2 heterocycles. The highest BCUT2D eigenvalue weighted by molar-refractivity contribution is 7.91. The van der Waals surface area contributed by atoms with Crippen molar-refractivity contribution in [2.45, 2.75) is 55.4 Å². The Morgan fingerprint density at radius 1 is 0.809 bits per heavy atom. The van der Waals surface area contributed by atoms with Gasteiger partial charge in [-0.15, -0.1) is 0 Å². The maximum Gasteiger partial charge on any atom is 0.338 e. The molecule has 3 aromatic rings. The van der Waals surface area contributed by atoms with Crippen molar-refractivity contribution in [2.24, 2.45) is 0 Å². The van der Waals surface area contributed by atoms with E-state index in [1.165, 1.54) is 12.1 Å². The quantitative estimate of drug-likeness (QED) is 0.211. The Morgan fingerprint density at radius 2 is 1.45 bits per heavy atom. The SMILES string of the molecule is CCOC(=O)C1=C2C(=O)CCC(=O)C2N(CCS(=O)(=O)c2ccccc2)C1[C@@H]1[C@H](COC(=O)c2ccccc2)N1Cc1ccccc1. The molecule has 0 N–H and O–H groups in total. The van der Waals surface area contributed by atoms with Crippen LogP contribution < -0.4 is 0 Å². The van der Waals surface area contributed by atoms with Gasteiger partial charge in [0.05, 0.1) is 46.5 Å². The highest BCUT2D eigenvalue weighted by Gasteiger charge is 2.62. The van der Waals surface area contributed by atoms with Crippen molar-refractivity contribution in [3.8, 4) is 0 Å². The van der Waals surface area contributed by atoms with Crippen molar-refractivity contribution in [3.63, 3.8) is 0 Å². The first-order valence-electron chi connectivity index (χ1n) is 15.7. The minimum atomic E-state index is -3.78. The van der Waals surface area contributed by atoms with Gasteiger partial charge in [-0.05, 0) is 36.8 Å². The van der Waals surface area contributed by atoms with E-state index in [2.05, 4.69) is 4.90 Å². The molecule has 0 spiro atoms. The first kappa shape index (κ1) is 32.5. The maximum absolute atomic E-state index is 13.7. The fourth-order valence-electron chi connectivity index (χ4n) is 6.78. The van der Waals surface area contributed by atoms with Crippen LogP contribution in [0.25, 0.3) is 0 Å². The lowest BCUT2D eigenvalue weighted by Crippen LogP contribution is -2.50. The van der Waals surface area contributed by atoms with Gasteiger partial charge in [0, 0.05) is 37.5 Å². The van der Waals surface area contributed by atoms with Gasteiger partial charge in [-0.2, -0.15) is 0 Å². The molecule has 1 saturated carbocycles. The number of ether oxygens (including phenoxy) is 2. The Labute approximate surface area is 273 Å². The lowest BCUT2D eigenvalue weighted by atomic mass is 9.86. The molecule has 11 heteroatoms. The molecule has 2 fully saturated rings. The molecule has 47 heavy (non-hydrogen) atoms. The van der Waals surface area contributed by atoms with Crippen LogP contribution in [-0.2, 0) is 40.2 Å². The summed E-state index contributed by atoms with van der Waals surface area (Å²) in [5, 5.41) is 0. The molecule has 5 atom stereocenters. The summed E-state index contributed by atoms with van der Waals surface area (Å²) in [4.78, 5) is 57.6. The van der Waals surface area contributed by atoms with E-state index in [0.29, 0.717) is 12.1 Å². The summed E-state index contributed by atoms with van der Waals surface area (Å²) < 4.78 is 38.1. The van der Waals surface area contributed by atoms with Crippen LogP contribution in [0.15, 0.2) is 107 Å². The Kier molecular flexibility index (Phi) is 9.49. The third kappa shape index (κ3) is 6.69. The largest absolute Gasteiger partial charge is 0.463 e. The lowest BCUT2D eigenvalue weighted by Gasteiger charge is -2.32. The first-order chi connectivity index (χ1) is 22.7. The van der Waals surface area contributed by atoms with Crippen LogP contribution in [0.4, 0.5) is 0 Å². The molecule has 10 nitrogen and oxygen atoms in total. The Bertz CT molecular complexity index is 1790. The molecule has 244 valence electrons. The number of fused-ring (bicyclic) bond motifs is 1. The number of esters is 2. The van der Waals surface area contributed by atoms with E-state index in [1.54, 1.807) is 60.4 Å². The zero-order chi connectivity index (χ0) is 33.1. The summed E-state index contributed by atoms with van der Waals surface area (Å²) in [6.07, 6.45) is -0.0404. The smallest absolute Gasteiger partial charge is 0.338 e. The number of ketones is 2. The predicted octanol–water partition coefficient (Wildman–Crippen LogP) is 3.41. The number of carbonyl (C=O) groups is 4. The molecule has 0 aromatic heterocycles. The monoisotopic (exact) mass is 656 g/mol. The number of hydrogen-bond donors (Lipinski definition) is 0. The van der Waals surface area contributed by atoms with Crippen molar-refractivity contribution in [1.82, 2.24) is 9.80 Å². The highest BCUT2D eigenvalue weighted by Crippen LogP contribution is 2.46. The van der Waals surface area contributed by atoms with Gasteiger partial charge in [0.25, 0.3) is 0 Å². The van der Waals surface area contributed by atoms with E-state index in [-0.39, 0.29) is 66.0 Å². The third-order valence-corrected chi connectivity index (χ3v) is 10.7. The minimum Gasteiger partial charge on any atom is -0.463 e. The van der Waals surface area contributed by atoms with Crippen molar-refractivity contribution in [1.29, 1.82) is 0 Å². The Hall–Kier alpha value is -4.45. The van der Waals surface area contributed by atoms with Crippen molar-refractivity contribution >= 4 is 33.3 Å². The zero-order valence-electron chi connectivity index (χ0n) is 26.0. The van der Waals surface area contributed by atoms with Crippen LogP contribution in [-0.4, -0.2) is 91.4 Å². The molecule has 1 aliphatic carbocycles. The Morgan fingerprint density at radius 3 is 2.11 bits per heavy atom. The molecule has 6 rings (SSSR count). The second-order valence-electron chi connectivity index (χ2n) is 11.8. The molecule has 0 radical (unpaired) electrons. The van der Waals surface area contributed by atoms with Gasteiger partial charge >= 0.3 is 11.9 Å². The molecule has 0 bridgehead atoms. The number of hydrogen-bond acceptors (Lipinski definition) is 10.